The Hall–Kier alpha value is -2.67. The largest absolute Gasteiger partial charge is 0.444 e. The number of sulfonamides is 1. The number of rotatable bonds is 8. The molecule has 0 aromatic carbocycles. The lowest BCUT2D eigenvalue weighted by Gasteiger charge is -2.36. The Morgan fingerprint density at radius 3 is 2.21 bits per heavy atom. The third-order valence-electron chi connectivity index (χ3n) is 6.94. The van der Waals surface area contributed by atoms with Crippen LogP contribution in [-0.4, -0.2) is 78.2 Å². The van der Waals surface area contributed by atoms with E-state index in [9.17, 15) is 27.6 Å². The van der Waals surface area contributed by atoms with Crippen LogP contribution in [0.4, 0.5) is 4.79 Å². The zero-order valence-corrected chi connectivity index (χ0v) is 23.8. The van der Waals surface area contributed by atoms with Crippen molar-refractivity contribution in [3.8, 4) is 0 Å². The molecule has 1 aliphatic heterocycles. The lowest BCUT2D eigenvalue weighted by atomic mass is 9.85. The van der Waals surface area contributed by atoms with Crippen LogP contribution in [0, 0.1) is 11.3 Å². The molecule has 4 amide bonds. The van der Waals surface area contributed by atoms with Gasteiger partial charge in [0.1, 0.15) is 23.2 Å². The summed E-state index contributed by atoms with van der Waals surface area (Å²) < 4.78 is 32.2. The smallest absolute Gasteiger partial charge is 0.408 e. The SMILES string of the molecule is C=C[C@@H]1C[C@]1(NC(=O)[C@@H]1C[C@@H](N)CN1C(=O)[C@@H](NC(=O)OC(C)(C)C)C(C)(C)C)C(=O)NS(=O)(=O)C1CC1. The lowest BCUT2D eigenvalue weighted by Crippen LogP contribution is -2.60. The molecule has 13 heteroatoms. The van der Waals surface area contributed by atoms with Crippen molar-refractivity contribution < 1.29 is 32.3 Å². The van der Waals surface area contributed by atoms with E-state index in [1.807, 2.05) is 0 Å². The monoisotopic (exact) mass is 555 g/mol. The van der Waals surface area contributed by atoms with Gasteiger partial charge in [0.05, 0.1) is 5.25 Å². The van der Waals surface area contributed by atoms with E-state index in [1.54, 1.807) is 41.5 Å². The average molecular weight is 556 g/mol. The van der Waals surface area contributed by atoms with Gasteiger partial charge in [-0.05, 0) is 51.9 Å². The lowest BCUT2D eigenvalue weighted by molar-refractivity contribution is -0.142. The molecule has 3 rings (SSSR count). The minimum absolute atomic E-state index is 0.0691. The van der Waals surface area contributed by atoms with Gasteiger partial charge < -0.3 is 26.0 Å². The third kappa shape index (κ3) is 6.66. The van der Waals surface area contributed by atoms with Gasteiger partial charge in [0.25, 0.3) is 5.91 Å². The summed E-state index contributed by atoms with van der Waals surface area (Å²) in [4.78, 5) is 54.0. The Kier molecular flexibility index (Phi) is 7.97. The highest BCUT2D eigenvalue weighted by Gasteiger charge is 2.62. The number of amides is 4. The van der Waals surface area contributed by atoms with E-state index >= 15 is 0 Å². The molecular formula is C25H41N5O7S. The Balaban J connectivity index is 1.79. The number of alkyl carbamates (subject to hydrolysis) is 1. The second-order valence-electron chi connectivity index (χ2n) is 12.6. The maximum absolute atomic E-state index is 13.7. The maximum atomic E-state index is 13.7. The topological polar surface area (TPSA) is 177 Å². The standard InChI is InChI=1S/C25H41N5O7S/c1-8-14-12-25(14,21(33)29-38(35,36)16-9-10-16)28-19(31)17-11-15(26)13-30(17)20(32)18(23(2,3)4)27-22(34)37-24(5,6)7/h8,14-18H,1,9-13,26H2,2-7H3,(H,27,34)(H,28,31)(H,29,33)/t14-,15-,17+,18-,25-/m1/s1. The summed E-state index contributed by atoms with van der Waals surface area (Å²) in [5, 5.41) is 4.73. The number of nitrogens with one attached hydrogen (secondary N) is 3. The molecule has 0 aromatic heterocycles. The molecule has 0 aromatic rings. The van der Waals surface area contributed by atoms with Crippen LogP contribution in [0.5, 0.6) is 0 Å². The van der Waals surface area contributed by atoms with E-state index in [2.05, 4.69) is 21.9 Å². The van der Waals surface area contributed by atoms with Gasteiger partial charge in [-0.3, -0.25) is 19.1 Å². The first kappa shape index (κ1) is 29.9. The maximum Gasteiger partial charge on any atom is 0.408 e. The normalized spacial score (nSPS) is 28.2. The molecule has 3 aliphatic rings. The Morgan fingerprint density at radius 2 is 1.74 bits per heavy atom. The fraction of sp³-hybridized carbons (Fsp3) is 0.760. The zero-order chi connectivity index (χ0) is 28.8. The number of nitrogens with zero attached hydrogens (tertiary/aromatic N) is 1. The van der Waals surface area contributed by atoms with Gasteiger partial charge in [-0.1, -0.05) is 26.8 Å². The molecular weight excluding hydrogens is 514 g/mol. The highest BCUT2D eigenvalue weighted by atomic mass is 32.2. The first-order valence-electron chi connectivity index (χ1n) is 12.9. The van der Waals surface area contributed by atoms with E-state index in [0.29, 0.717) is 12.8 Å². The van der Waals surface area contributed by atoms with Crippen molar-refractivity contribution in [1.82, 2.24) is 20.3 Å². The zero-order valence-electron chi connectivity index (χ0n) is 23.0. The molecule has 1 heterocycles. The first-order chi connectivity index (χ1) is 17.3. The van der Waals surface area contributed by atoms with Crippen molar-refractivity contribution in [3.63, 3.8) is 0 Å². The van der Waals surface area contributed by atoms with Gasteiger partial charge in [-0.15, -0.1) is 6.58 Å². The third-order valence-corrected chi connectivity index (χ3v) is 8.76. The van der Waals surface area contributed by atoms with Crippen molar-refractivity contribution in [1.29, 1.82) is 0 Å². The molecule has 5 N–H and O–H groups in total. The highest BCUT2D eigenvalue weighted by molar-refractivity contribution is 7.91. The van der Waals surface area contributed by atoms with Crippen LogP contribution in [0.2, 0.25) is 0 Å². The van der Waals surface area contributed by atoms with Crippen LogP contribution >= 0.6 is 0 Å². The van der Waals surface area contributed by atoms with Crippen LogP contribution in [0.1, 0.15) is 67.2 Å². The Labute approximate surface area is 224 Å². The van der Waals surface area contributed by atoms with Crippen LogP contribution in [0.15, 0.2) is 12.7 Å². The molecule has 12 nitrogen and oxygen atoms in total. The highest BCUT2D eigenvalue weighted by Crippen LogP contribution is 2.45. The number of hydrogen-bond acceptors (Lipinski definition) is 8. The number of carbonyl (C=O) groups is 4. The molecule has 214 valence electrons. The van der Waals surface area contributed by atoms with Gasteiger partial charge in [-0.2, -0.15) is 0 Å². The Bertz CT molecular complexity index is 1110. The predicted octanol–water partition coefficient (Wildman–Crippen LogP) is 0.523. The van der Waals surface area contributed by atoms with Crippen molar-refractivity contribution in [2.45, 2.75) is 102 Å². The summed E-state index contributed by atoms with van der Waals surface area (Å²) in [6, 6.07) is -2.55. The average Bonchev–Trinajstić information content (AvgIpc) is 3.66. The Morgan fingerprint density at radius 1 is 1.13 bits per heavy atom. The molecule has 1 saturated heterocycles. The number of ether oxygens (including phenoxy) is 1. The number of carbonyl (C=O) groups excluding carboxylic acids is 4. The minimum atomic E-state index is -3.82. The van der Waals surface area contributed by atoms with Crippen LogP contribution in [0.3, 0.4) is 0 Å². The molecule has 3 fully saturated rings. The summed E-state index contributed by atoms with van der Waals surface area (Å²) >= 11 is 0. The fourth-order valence-corrected chi connectivity index (χ4v) is 5.98. The van der Waals surface area contributed by atoms with Crippen LogP contribution in [-0.2, 0) is 29.1 Å². The molecule has 0 radical (unpaired) electrons. The summed E-state index contributed by atoms with van der Waals surface area (Å²) in [7, 11) is -3.82. The van der Waals surface area contributed by atoms with Crippen molar-refractivity contribution in [3.05, 3.63) is 12.7 Å². The van der Waals surface area contributed by atoms with Gasteiger partial charge in [0, 0.05) is 18.5 Å². The number of likely N-dealkylation sites (tertiary alicyclic amines) is 1. The van der Waals surface area contributed by atoms with Crippen LogP contribution < -0.4 is 21.1 Å². The summed E-state index contributed by atoms with van der Waals surface area (Å²) in [5.41, 5.74) is 3.16. The van der Waals surface area contributed by atoms with Gasteiger partial charge in [0.15, 0.2) is 0 Å². The molecule has 5 atom stereocenters. The van der Waals surface area contributed by atoms with Crippen molar-refractivity contribution in [2.24, 2.45) is 17.1 Å². The molecule has 0 unspecified atom stereocenters. The molecule has 0 bridgehead atoms. The van der Waals surface area contributed by atoms with E-state index < -0.39 is 79.7 Å². The molecule has 38 heavy (non-hydrogen) atoms. The van der Waals surface area contributed by atoms with Crippen molar-refractivity contribution >= 4 is 33.8 Å². The van der Waals surface area contributed by atoms with E-state index in [4.69, 9.17) is 10.5 Å². The van der Waals surface area contributed by atoms with E-state index in [0.717, 1.165) is 0 Å². The first-order valence-corrected chi connectivity index (χ1v) is 14.4. The second kappa shape index (κ2) is 10.1. The van der Waals surface area contributed by atoms with Gasteiger partial charge in [0.2, 0.25) is 21.8 Å². The summed E-state index contributed by atoms with van der Waals surface area (Å²) in [6.45, 7) is 14.2. The summed E-state index contributed by atoms with van der Waals surface area (Å²) in [6.07, 6.45) is 2.01. The predicted molar refractivity (Wildman–Crippen MR) is 140 cm³/mol. The van der Waals surface area contributed by atoms with Gasteiger partial charge >= 0.3 is 6.09 Å². The fourth-order valence-electron chi connectivity index (χ4n) is 4.62. The van der Waals surface area contributed by atoms with Crippen LogP contribution in [0.25, 0.3) is 0 Å². The van der Waals surface area contributed by atoms with E-state index in [-0.39, 0.29) is 19.4 Å². The number of nitrogens with two attached hydrogens (primary N) is 1. The van der Waals surface area contributed by atoms with Crippen molar-refractivity contribution in [2.75, 3.05) is 6.54 Å². The summed E-state index contributed by atoms with van der Waals surface area (Å²) in [5.74, 6) is -2.42. The number of hydrogen-bond donors (Lipinski definition) is 4. The van der Waals surface area contributed by atoms with E-state index in [1.165, 1.54) is 11.0 Å². The second-order valence-corrected chi connectivity index (χ2v) is 14.6. The van der Waals surface area contributed by atoms with Gasteiger partial charge in [-0.25, -0.2) is 13.2 Å². The quantitative estimate of drug-likeness (QED) is 0.313. The minimum Gasteiger partial charge on any atom is -0.444 e. The molecule has 0 spiro atoms. The molecule has 2 saturated carbocycles. The molecule has 2 aliphatic carbocycles.